The highest BCUT2D eigenvalue weighted by molar-refractivity contribution is 6.32. The van der Waals surface area contributed by atoms with E-state index in [4.69, 9.17) is 16.3 Å². The van der Waals surface area contributed by atoms with Crippen LogP contribution < -0.4 is 0 Å². The number of halogens is 1. The lowest BCUT2D eigenvalue weighted by Gasteiger charge is -2.23. The molecule has 0 bridgehead atoms. The molecule has 6 heteroatoms. The summed E-state index contributed by atoms with van der Waals surface area (Å²) in [4.78, 5) is 0. The van der Waals surface area contributed by atoms with E-state index in [0.717, 1.165) is 30.0 Å². The maximum Gasteiger partial charge on any atom is 0.142 e. The summed E-state index contributed by atoms with van der Waals surface area (Å²) >= 11 is 6.49. The predicted octanol–water partition coefficient (Wildman–Crippen LogP) is 2.81. The second kappa shape index (κ2) is 6.50. The molecule has 0 spiro atoms. The molecule has 2 aromatic rings. The lowest BCUT2D eigenvalue weighted by atomic mass is 10.2. The van der Waals surface area contributed by atoms with Crippen LogP contribution in [-0.4, -0.2) is 47.3 Å². The largest absolute Gasteiger partial charge is 0.378 e. The van der Waals surface area contributed by atoms with Gasteiger partial charge in [-0.3, -0.25) is 5.01 Å². The van der Waals surface area contributed by atoms with Gasteiger partial charge >= 0.3 is 0 Å². The van der Waals surface area contributed by atoms with Gasteiger partial charge in [-0.05, 0) is 26.0 Å². The summed E-state index contributed by atoms with van der Waals surface area (Å²) in [5, 5.41) is 11.6. The van der Waals surface area contributed by atoms with Crippen LogP contribution in [-0.2, 0) is 4.74 Å². The SMILES string of the molecule is Cc1ccc(-n2nc(C)c(C=NN3CCOCC3)c2Cl)cc1. The Kier molecular flexibility index (Phi) is 4.45. The van der Waals surface area contributed by atoms with Gasteiger partial charge in [0.25, 0.3) is 0 Å². The molecule has 0 unspecified atom stereocenters. The third-order valence-corrected chi connectivity index (χ3v) is 4.03. The Hall–Kier alpha value is -1.85. The van der Waals surface area contributed by atoms with Crippen LogP contribution in [0.2, 0.25) is 5.15 Å². The Morgan fingerprint density at radius 2 is 1.86 bits per heavy atom. The van der Waals surface area contributed by atoms with Crippen molar-refractivity contribution in [2.75, 3.05) is 26.3 Å². The Balaban J connectivity index is 1.86. The van der Waals surface area contributed by atoms with Crippen molar-refractivity contribution in [2.24, 2.45) is 5.10 Å². The molecule has 1 fully saturated rings. The second-order valence-electron chi connectivity index (χ2n) is 5.35. The molecule has 1 aromatic carbocycles. The first-order valence-electron chi connectivity index (χ1n) is 7.34. The molecular formula is C16H19ClN4O. The van der Waals surface area contributed by atoms with E-state index in [1.54, 1.807) is 10.9 Å². The third-order valence-electron chi connectivity index (χ3n) is 3.66. The first-order valence-corrected chi connectivity index (χ1v) is 7.72. The first kappa shape index (κ1) is 15.1. The summed E-state index contributed by atoms with van der Waals surface area (Å²) in [6.45, 7) is 7.04. The van der Waals surface area contributed by atoms with Crippen molar-refractivity contribution in [3.05, 3.63) is 46.2 Å². The van der Waals surface area contributed by atoms with Gasteiger partial charge in [-0.2, -0.15) is 10.2 Å². The van der Waals surface area contributed by atoms with Gasteiger partial charge in [0, 0.05) is 0 Å². The zero-order valence-electron chi connectivity index (χ0n) is 12.8. The highest BCUT2D eigenvalue weighted by Gasteiger charge is 2.14. The van der Waals surface area contributed by atoms with Crippen molar-refractivity contribution in [2.45, 2.75) is 13.8 Å². The van der Waals surface area contributed by atoms with Gasteiger partial charge in [-0.15, -0.1) is 0 Å². The Morgan fingerprint density at radius 1 is 1.18 bits per heavy atom. The summed E-state index contributed by atoms with van der Waals surface area (Å²) < 4.78 is 7.06. The zero-order chi connectivity index (χ0) is 15.5. The molecule has 3 rings (SSSR count). The Labute approximate surface area is 135 Å². The van der Waals surface area contributed by atoms with Crippen molar-refractivity contribution in [1.29, 1.82) is 0 Å². The average molecular weight is 319 g/mol. The van der Waals surface area contributed by atoms with Crippen molar-refractivity contribution < 1.29 is 4.74 Å². The van der Waals surface area contributed by atoms with Crippen molar-refractivity contribution in [3.8, 4) is 5.69 Å². The number of hydrazone groups is 1. The quantitative estimate of drug-likeness (QED) is 0.817. The first-order chi connectivity index (χ1) is 10.6. The predicted molar refractivity (Wildman–Crippen MR) is 88.0 cm³/mol. The van der Waals surface area contributed by atoms with E-state index >= 15 is 0 Å². The molecule has 0 radical (unpaired) electrons. The number of morpholine rings is 1. The standard InChI is InChI=1S/C16H19ClN4O/c1-12-3-5-14(6-4-12)21-16(17)15(13(2)19-21)11-18-20-7-9-22-10-8-20/h3-6,11H,7-10H2,1-2H3. The molecule has 0 aliphatic carbocycles. The molecule has 0 saturated carbocycles. The Bertz CT molecular complexity index is 672. The summed E-state index contributed by atoms with van der Waals surface area (Å²) in [5.41, 5.74) is 3.87. The molecule has 0 atom stereocenters. The van der Waals surface area contributed by atoms with Gasteiger partial charge in [-0.1, -0.05) is 29.3 Å². The number of hydrogen-bond acceptors (Lipinski definition) is 4. The number of aromatic nitrogens is 2. The van der Waals surface area contributed by atoms with E-state index in [9.17, 15) is 0 Å². The van der Waals surface area contributed by atoms with Crippen LogP contribution in [0.5, 0.6) is 0 Å². The van der Waals surface area contributed by atoms with Crippen LogP contribution in [0.25, 0.3) is 5.69 Å². The molecule has 2 heterocycles. The van der Waals surface area contributed by atoms with Gasteiger partial charge in [0.1, 0.15) is 5.15 Å². The molecule has 5 nitrogen and oxygen atoms in total. The second-order valence-corrected chi connectivity index (χ2v) is 5.71. The highest BCUT2D eigenvalue weighted by atomic mass is 35.5. The zero-order valence-corrected chi connectivity index (χ0v) is 13.5. The molecular weight excluding hydrogens is 300 g/mol. The van der Waals surface area contributed by atoms with Crippen LogP contribution in [0.4, 0.5) is 0 Å². The van der Waals surface area contributed by atoms with Crippen LogP contribution in [0.1, 0.15) is 16.8 Å². The fraction of sp³-hybridized carbons (Fsp3) is 0.375. The number of rotatable bonds is 3. The maximum atomic E-state index is 6.49. The number of aryl methyl sites for hydroxylation is 2. The van der Waals surface area contributed by atoms with Gasteiger partial charge in [0.15, 0.2) is 0 Å². The summed E-state index contributed by atoms with van der Waals surface area (Å²) in [6, 6.07) is 8.11. The fourth-order valence-electron chi connectivity index (χ4n) is 2.32. The minimum Gasteiger partial charge on any atom is -0.378 e. The number of benzene rings is 1. The van der Waals surface area contributed by atoms with E-state index < -0.39 is 0 Å². The molecule has 1 aliphatic rings. The smallest absolute Gasteiger partial charge is 0.142 e. The van der Waals surface area contributed by atoms with E-state index in [-0.39, 0.29) is 0 Å². The minimum absolute atomic E-state index is 0.582. The van der Waals surface area contributed by atoms with E-state index in [2.05, 4.69) is 17.1 Å². The van der Waals surface area contributed by atoms with Crippen LogP contribution in [0, 0.1) is 13.8 Å². The number of hydrogen-bond donors (Lipinski definition) is 0. The minimum atomic E-state index is 0.582. The van der Waals surface area contributed by atoms with Gasteiger partial charge < -0.3 is 4.74 Å². The van der Waals surface area contributed by atoms with Crippen LogP contribution >= 0.6 is 11.6 Å². The summed E-state index contributed by atoms with van der Waals surface area (Å²) in [5.74, 6) is 0. The van der Waals surface area contributed by atoms with E-state index in [1.807, 2.05) is 36.2 Å². The van der Waals surface area contributed by atoms with Gasteiger partial charge in [0.2, 0.25) is 0 Å². The van der Waals surface area contributed by atoms with Gasteiger partial charge in [0.05, 0.1) is 49.5 Å². The van der Waals surface area contributed by atoms with Gasteiger partial charge in [-0.25, -0.2) is 4.68 Å². The number of nitrogens with zero attached hydrogens (tertiary/aromatic N) is 4. The van der Waals surface area contributed by atoms with E-state index in [1.165, 1.54) is 5.56 Å². The van der Waals surface area contributed by atoms with Crippen molar-refractivity contribution in [3.63, 3.8) is 0 Å². The topological polar surface area (TPSA) is 42.7 Å². The molecule has 0 N–H and O–H groups in total. The summed E-state index contributed by atoms with van der Waals surface area (Å²) in [6.07, 6.45) is 1.79. The van der Waals surface area contributed by atoms with E-state index in [0.29, 0.717) is 18.4 Å². The Morgan fingerprint density at radius 3 is 2.55 bits per heavy atom. The molecule has 116 valence electrons. The van der Waals surface area contributed by atoms with Crippen molar-refractivity contribution >= 4 is 17.8 Å². The van der Waals surface area contributed by atoms with Crippen molar-refractivity contribution in [1.82, 2.24) is 14.8 Å². The number of ether oxygens (including phenoxy) is 1. The average Bonchev–Trinajstić information content (AvgIpc) is 2.82. The lowest BCUT2D eigenvalue weighted by molar-refractivity contribution is 0.0397. The van der Waals surface area contributed by atoms with Crippen LogP contribution in [0.15, 0.2) is 29.4 Å². The summed E-state index contributed by atoms with van der Waals surface area (Å²) in [7, 11) is 0. The normalized spacial score (nSPS) is 15.7. The third kappa shape index (κ3) is 3.15. The molecule has 1 aromatic heterocycles. The monoisotopic (exact) mass is 318 g/mol. The molecule has 1 aliphatic heterocycles. The van der Waals surface area contributed by atoms with Crippen LogP contribution in [0.3, 0.4) is 0 Å². The highest BCUT2D eigenvalue weighted by Crippen LogP contribution is 2.22. The molecule has 0 amide bonds. The molecule has 1 saturated heterocycles. The molecule has 22 heavy (non-hydrogen) atoms. The lowest BCUT2D eigenvalue weighted by Crippen LogP contribution is -2.32. The maximum absolute atomic E-state index is 6.49. The fourth-order valence-corrected chi connectivity index (χ4v) is 2.64.